The van der Waals surface area contributed by atoms with E-state index in [1.807, 2.05) is 48.5 Å². The first-order chi connectivity index (χ1) is 17.6. The number of benzene rings is 3. The Balaban J connectivity index is 1.34. The van der Waals surface area contributed by atoms with Gasteiger partial charge in [0.05, 0.1) is 12.0 Å². The van der Waals surface area contributed by atoms with Gasteiger partial charge in [-0.05, 0) is 67.1 Å². The molecule has 37 heavy (non-hydrogen) atoms. The number of hydrogen-bond acceptors (Lipinski definition) is 6. The molecule has 0 unspecified atom stereocenters. The number of rotatable bonds is 7. The average Bonchev–Trinajstić information content (AvgIpc) is 3.16. The van der Waals surface area contributed by atoms with E-state index in [-0.39, 0.29) is 18.9 Å². The third-order valence-electron chi connectivity index (χ3n) is 5.96. The first kappa shape index (κ1) is 25.8. The highest BCUT2D eigenvalue weighted by molar-refractivity contribution is 5.85. The van der Waals surface area contributed by atoms with Crippen LogP contribution in [0.4, 0.5) is 15.3 Å². The van der Waals surface area contributed by atoms with E-state index in [2.05, 4.69) is 10.6 Å². The van der Waals surface area contributed by atoms with Gasteiger partial charge < -0.3 is 24.7 Å². The molecule has 0 fully saturated rings. The fraction of sp³-hybridized carbons (Fsp3) is 0.276. The molecule has 0 bridgehead atoms. The van der Waals surface area contributed by atoms with Crippen LogP contribution >= 0.6 is 0 Å². The summed E-state index contributed by atoms with van der Waals surface area (Å²) in [4.78, 5) is 36.2. The molecule has 8 heteroatoms. The second kappa shape index (κ2) is 10.7. The summed E-state index contributed by atoms with van der Waals surface area (Å²) < 4.78 is 10.7. The normalized spacial score (nSPS) is 13.2. The molecule has 0 aliphatic heterocycles. The molecule has 4 rings (SSSR count). The van der Waals surface area contributed by atoms with E-state index in [9.17, 15) is 19.5 Å². The van der Waals surface area contributed by atoms with Crippen molar-refractivity contribution in [2.75, 3.05) is 11.9 Å². The van der Waals surface area contributed by atoms with Crippen molar-refractivity contribution in [1.29, 1.82) is 0 Å². The SMILES string of the molecule is CC(C)(C)OC(=O)Nc1ccc(C[C@H](NC(=O)OCC2c3ccccc3-c3ccccc32)C(=O)[O-])cc1. The molecular weight excluding hydrogens is 472 g/mol. The van der Waals surface area contributed by atoms with Crippen molar-refractivity contribution in [2.24, 2.45) is 0 Å². The molecule has 0 spiro atoms. The van der Waals surface area contributed by atoms with Crippen LogP contribution in [0.1, 0.15) is 43.4 Å². The van der Waals surface area contributed by atoms with Crippen molar-refractivity contribution in [2.45, 2.75) is 44.8 Å². The van der Waals surface area contributed by atoms with Crippen molar-refractivity contribution in [3.63, 3.8) is 0 Å². The minimum atomic E-state index is -1.43. The zero-order chi connectivity index (χ0) is 26.6. The summed E-state index contributed by atoms with van der Waals surface area (Å²) in [6, 6.07) is 21.2. The van der Waals surface area contributed by atoms with Gasteiger partial charge in [-0.2, -0.15) is 0 Å². The number of ether oxygens (including phenoxy) is 2. The Bertz CT molecular complexity index is 1250. The number of aliphatic carboxylic acids is 1. The van der Waals surface area contributed by atoms with E-state index in [0.29, 0.717) is 11.3 Å². The largest absolute Gasteiger partial charge is 0.548 e. The lowest BCUT2D eigenvalue weighted by Crippen LogP contribution is -2.49. The van der Waals surface area contributed by atoms with Crippen molar-refractivity contribution in [1.82, 2.24) is 5.32 Å². The number of amides is 2. The summed E-state index contributed by atoms with van der Waals surface area (Å²) in [7, 11) is 0. The van der Waals surface area contributed by atoms with Gasteiger partial charge in [0.1, 0.15) is 12.2 Å². The number of fused-ring (bicyclic) bond motifs is 3. The molecule has 2 N–H and O–H groups in total. The highest BCUT2D eigenvalue weighted by Gasteiger charge is 2.29. The molecule has 8 nitrogen and oxygen atoms in total. The molecule has 0 radical (unpaired) electrons. The fourth-order valence-electron chi connectivity index (χ4n) is 4.36. The Kier molecular flexibility index (Phi) is 7.47. The number of carbonyl (C=O) groups excluding carboxylic acids is 3. The predicted octanol–water partition coefficient (Wildman–Crippen LogP) is 4.23. The molecule has 1 aliphatic carbocycles. The molecule has 0 saturated heterocycles. The number of carboxylic acid groups (broad SMARTS) is 1. The topological polar surface area (TPSA) is 117 Å². The van der Waals surface area contributed by atoms with Crippen LogP contribution in [0.2, 0.25) is 0 Å². The van der Waals surface area contributed by atoms with Crippen molar-refractivity contribution >= 4 is 23.8 Å². The van der Waals surface area contributed by atoms with Gasteiger partial charge in [-0.3, -0.25) is 5.32 Å². The number of alkyl carbamates (subject to hydrolysis) is 1. The minimum Gasteiger partial charge on any atom is -0.548 e. The van der Waals surface area contributed by atoms with Crippen LogP contribution in [0.15, 0.2) is 72.8 Å². The number of carbonyl (C=O) groups is 3. The van der Waals surface area contributed by atoms with Crippen LogP contribution in [-0.4, -0.2) is 36.4 Å². The van der Waals surface area contributed by atoms with Crippen LogP contribution in [0.3, 0.4) is 0 Å². The second-order valence-corrected chi connectivity index (χ2v) is 9.87. The molecule has 3 aromatic carbocycles. The smallest absolute Gasteiger partial charge is 0.412 e. The number of hydrogen-bond donors (Lipinski definition) is 2. The molecule has 192 valence electrons. The molecule has 1 aliphatic rings. The van der Waals surface area contributed by atoms with Gasteiger partial charge in [0.2, 0.25) is 0 Å². The van der Waals surface area contributed by atoms with E-state index < -0.39 is 29.8 Å². The highest BCUT2D eigenvalue weighted by Crippen LogP contribution is 2.44. The molecule has 0 heterocycles. The van der Waals surface area contributed by atoms with Crippen LogP contribution < -0.4 is 15.7 Å². The standard InChI is InChI=1S/C29H30N2O6/c1-29(2,3)37-28(35)30-19-14-12-18(13-15-19)16-25(26(32)33)31-27(34)36-17-24-22-10-6-4-8-20(22)21-9-5-7-11-23(21)24/h4-15,24-25H,16-17H2,1-3H3,(H,30,35)(H,31,34)(H,32,33)/p-1/t25-/m0/s1. The van der Waals surface area contributed by atoms with Crippen molar-refractivity contribution in [3.05, 3.63) is 89.5 Å². The van der Waals surface area contributed by atoms with Gasteiger partial charge in [0.25, 0.3) is 0 Å². The Hall–Kier alpha value is -4.33. The summed E-state index contributed by atoms with van der Waals surface area (Å²) >= 11 is 0. The first-order valence-electron chi connectivity index (χ1n) is 12.0. The lowest BCUT2D eigenvalue weighted by atomic mass is 9.98. The lowest BCUT2D eigenvalue weighted by Gasteiger charge is -2.21. The third-order valence-corrected chi connectivity index (χ3v) is 5.96. The van der Waals surface area contributed by atoms with Gasteiger partial charge >= 0.3 is 12.2 Å². The molecule has 0 saturated carbocycles. The zero-order valence-electron chi connectivity index (χ0n) is 20.9. The summed E-state index contributed by atoms with van der Waals surface area (Å²) in [6.45, 7) is 5.36. The summed E-state index contributed by atoms with van der Waals surface area (Å²) in [6.07, 6.45) is -1.44. The predicted molar refractivity (Wildman–Crippen MR) is 137 cm³/mol. The maximum Gasteiger partial charge on any atom is 0.412 e. The van der Waals surface area contributed by atoms with E-state index in [4.69, 9.17) is 9.47 Å². The second-order valence-electron chi connectivity index (χ2n) is 9.87. The number of nitrogens with one attached hydrogen (secondary N) is 2. The van der Waals surface area contributed by atoms with E-state index in [0.717, 1.165) is 22.3 Å². The fourth-order valence-corrected chi connectivity index (χ4v) is 4.36. The average molecular weight is 502 g/mol. The van der Waals surface area contributed by atoms with Gasteiger partial charge in [-0.25, -0.2) is 9.59 Å². The van der Waals surface area contributed by atoms with Gasteiger partial charge in [-0.15, -0.1) is 0 Å². The van der Waals surface area contributed by atoms with Crippen LogP contribution in [-0.2, 0) is 20.7 Å². The Labute approximate surface area is 215 Å². The number of anilines is 1. The van der Waals surface area contributed by atoms with Crippen molar-refractivity contribution in [3.8, 4) is 11.1 Å². The Morgan fingerprint density at radius 2 is 1.43 bits per heavy atom. The summed E-state index contributed by atoms with van der Waals surface area (Å²) in [5.74, 6) is -1.56. The van der Waals surface area contributed by atoms with Gasteiger partial charge in [0, 0.05) is 11.6 Å². The molecule has 1 atom stereocenters. The summed E-state index contributed by atoms with van der Waals surface area (Å²) in [5, 5.41) is 16.7. The first-order valence-corrected chi connectivity index (χ1v) is 12.0. The van der Waals surface area contributed by atoms with Gasteiger partial charge in [0.15, 0.2) is 0 Å². The molecule has 0 aromatic heterocycles. The summed E-state index contributed by atoms with van der Waals surface area (Å²) in [5.41, 5.74) is 4.82. The van der Waals surface area contributed by atoms with Crippen LogP contribution in [0, 0.1) is 0 Å². The van der Waals surface area contributed by atoms with E-state index in [1.165, 1.54) is 0 Å². The molecular formula is C29H29N2O6-. The van der Waals surface area contributed by atoms with E-state index >= 15 is 0 Å². The quantitative estimate of drug-likeness (QED) is 0.500. The Morgan fingerprint density at radius 3 is 1.97 bits per heavy atom. The zero-order valence-corrected chi connectivity index (χ0v) is 20.9. The highest BCUT2D eigenvalue weighted by atomic mass is 16.6. The van der Waals surface area contributed by atoms with Gasteiger partial charge in [-0.1, -0.05) is 60.7 Å². The van der Waals surface area contributed by atoms with Crippen LogP contribution in [0.25, 0.3) is 11.1 Å². The van der Waals surface area contributed by atoms with Crippen LogP contribution in [0.5, 0.6) is 0 Å². The monoisotopic (exact) mass is 501 g/mol. The number of carboxylic acids is 1. The third kappa shape index (κ3) is 6.46. The van der Waals surface area contributed by atoms with E-state index in [1.54, 1.807) is 45.0 Å². The van der Waals surface area contributed by atoms with Crippen molar-refractivity contribution < 1.29 is 29.0 Å². The minimum absolute atomic E-state index is 0.0146. The maximum atomic E-state index is 12.5. The Morgan fingerprint density at radius 1 is 0.865 bits per heavy atom. The molecule has 3 aromatic rings. The maximum absolute atomic E-state index is 12.5. The molecule has 2 amide bonds. The lowest BCUT2D eigenvalue weighted by molar-refractivity contribution is -0.308.